The van der Waals surface area contributed by atoms with Gasteiger partial charge in [0, 0.05) is 50.3 Å². The molecule has 1 N–H and O–H groups in total. The highest BCUT2D eigenvalue weighted by Crippen LogP contribution is 2.46. The number of alkyl halides is 3. The van der Waals surface area contributed by atoms with Crippen LogP contribution in [0.5, 0.6) is 0 Å². The van der Waals surface area contributed by atoms with Crippen LogP contribution in [0.4, 0.5) is 18.9 Å². The largest absolute Gasteiger partial charge is 0.417 e. The third-order valence-electron chi connectivity index (χ3n) is 7.23. The number of nitrogens with zero attached hydrogens (tertiary/aromatic N) is 3. The Hall–Kier alpha value is -2.27. The second kappa shape index (κ2) is 9.07. The highest BCUT2D eigenvalue weighted by molar-refractivity contribution is 5.78. The Morgan fingerprint density at radius 3 is 2.45 bits per heavy atom. The van der Waals surface area contributed by atoms with Crippen LogP contribution in [0, 0.1) is 28.6 Å². The lowest BCUT2D eigenvalue weighted by Gasteiger charge is -2.43. The molecule has 0 radical (unpaired) electrons. The number of likely N-dealkylation sites (tertiary alicyclic amines) is 1. The quantitative estimate of drug-likeness (QED) is 0.755. The smallest absolute Gasteiger partial charge is 0.396 e. The second-order valence-corrected chi connectivity index (χ2v) is 8.80. The first kappa shape index (κ1) is 23.4. The molecular formula is C23H30F3N3O2. The van der Waals surface area contributed by atoms with E-state index in [2.05, 4.69) is 0 Å². The van der Waals surface area contributed by atoms with Crippen molar-refractivity contribution in [3.05, 3.63) is 29.3 Å². The van der Waals surface area contributed by atoms with E-state index in [0.29, 0.717) is 31.9 Å². The summed E-state index contributed by atoms with van der Waals surface area (Å²) in [6, 6.07) is 5.42. The summed E-state index contributed by atoms with van der Waals surface area (Å²) in [6.07, 6.45) is -1.53. The lowest BCUT2D eigenvalue weighted by molar-refractivity contribution is -0.139. The normalized spacial score (nSPS) is 21.0. The molecule has 2 aliphatic heterocycles. The number of anilines is 1. The van der Waals surface area contributed by atoms with Crippen LogP contribution in [-0.4, -0.2) is 48.7 Å². The predicted molar refractivity (Wildman–Crippen MR) is 111 cm³/mol. The number of carbonyl (C=O) groups is 1. The molecule has 31 heavy (non-hydrogen) atoms. The Balaban J connectivity index is 1.78. The van der Waals surface area contributed by atoms with Crippen molar-refractivity contribution >= 4 is 11.6 Å². The van der Waals surface area contributed by atoms with Crippen molar-refractivity contribution in [1.29, 1.82) is 5.26 Å². The highest BCUT2D eigenvalue weighted by atomic mass is 19.4. The van der Waals surface area contributed by atoms with E-state index < -0.39 is 17.3 Å². The monoisotopic (exact) mass is 437 g/mol. The number of hydrogen-bond donors (Lipinski definition) is 1. The maximum absolute atomic E-state index is 13.4. The molecule has 1 atom stereocenters. The number of rotatable bonds is 5. The summed E-state index contributed by atoms with van der Waals surface area (Å²) < 4.78 is 40.2. The molecule has 0 aliphatic carbocycles. The topological polar surface area (TPSA) is 67.6 Å². The van der Waals surface area contributed by atoms with Gasteiger partial charge in [-0.05, 0) is 49.3 Å². The van der Waals surface area contributed by atoms with Crippen molar-refractivity contribution in [3.8, 4) is 6.07 Å². The summed E-state index contributed by atoms with van der Waals surface area (Å²) in [5, 5.41) is 19.1. The van der Waals surface area contributed by atoms with E-state index in [0.717, 1.165) is 31.7 Å². The van der Waals surface area contributed by atoms with Gasteiger partial charge in [-0.15, -0.1) is 0 Å². The van der Waals surface area contributed by atoms with E-state index in [9.17, 15) is 23.1 Å². The lowest BCUT2D eigenvalue weighted by atomic mass is 9.71. The molecule has 0 aromatic heterocycles. The van der Waals surface area contributed by atoms with Gasteiger partial charge in [0.15, 0.2) is 0 Å². The van der Waals surface area contributed by atoms with E-state index in [-0.39, 0.29) is 29.8 Å². The van der Waals surface area contributed by atoms with Crippen LogP contribution < -0.4 is 4.90 Å². The van der Waals surface area contributed by atoms with E-state index in [1.54, 1.807) is 12.1 Å². The summed E-state index contributed by atoms with van der Waals surface area (Å²) >= 11 is 0. The first-order chi connectivity index (χ1) is 14.7. The van der Waals surface area contributed by atoms with Crippen molar-refractivity contribution in [2.75, 3.05) is 37.7 Å². The number of carbonyl (C=O) groups excluding carboxylic acids is 1. The highest BCUT2D eigenvalue weighted by Gasteiger charge is 2.48. The maximum Gasteiger partial charge on any atom is 0.417 e. The van der Waals surface area contributed by atoms with E-state index in [4.69, 9.17) is 5.26 Å². The molecule has 1 aromatic rings. The summed E-state index contributed by atoms with van der Waals surface area (Å²) in [5.41, 5.74) is -1.14. The average Bonchev–Trinajstić information content (AvgIpc) is 3.11. The van der Waals surface area contributed by atoms with Gasteiger partial charge in [-0.25, -0.2) is 0 Å². The summed E-state index contributed by atoms with van der Waals surface area (Å²) in [6.45, 7) is 6.21. The van der Waals surface area contributed by atoms with Gasteiger partial charge in [0.25, 0.3) is 0 Å². The first-order valence-corrected chi connectivity index (χ1v) is 10.9. The average molecular weight is 438 g/mol. The fraction of sp³-hybridized carbons (Fsp3) is 0.652. The van der Waals surface area contributed by atoms with Crippen molar-refractivity contribution < 1.29 is 23.1 Å². The fourth-order valence-corrected chi connectivity index (χ4v) is 5.18. The zero-order valence-electron chi connectivity index (χ0n) is 18.1. The molecule has 0 saturated carbocycles. The zero-order chi connectivity index (χ0) is 22.8. The number of aliphatic hydroxyl groups is 1. The predicted octanol–water partition coefficient (Wildman–Crippen LogP) is 4.05. The van der Waals surface area contributed by atoms with Gasteiger partial charge in [-0.1, -0.05) is 13.8 Å². The Morgan fingerprint density at radius 1 is 1.29 bits per heavy atom. The Labute approximate surface area is 181 Å². The third-order valence-corrected chi connectivity index (χ3v) is 7.23. The molecule has 2 aliphatic rings. The minimum absolute atomic E-state index is 0.0298. The van der Waals surface area contributed by atoms with Gasteiger partial charge in [0.1, 0.15) is 0 Å². The van der Waals surface area contributed by atoms with Gasteiger partial charge >= 0.3 is 6.18 Å². The number of piperidine rings is 1. The molecule has 170 valence electrons. The van der Waals surface area contributed by atoms with Crippen LogP contribution >= 0.6 is 0 Å². The van der Waals surface area contributed by atoms with Crippen LogP contribution in [-0.2, 0) is 11.0 Å². The van der Waals surface area contributed by atoms with Crippen LogP contribution in [0.15, 0.2) is 18.2 Å². The molecule has 5 nitrogen and oxygen atoms in total. The zero-order valence-corrected chi connectivity index (χ0v) is 18.1. The Bertz CT molecular complexity index is 837. The Kier molecular flexibility index (Phi) is 6.85. The molecule has 2 saturated heterocycles. The van der Waals surface area contributed by atoms with E-state index in [1.165, 1.54) is 6.07 Å². The SMILES string of the molecule is CCC(CC)C(=O)N1CCC2(CC1)CN(c1ccc(C#N)c(C(F)(F)F)c1)CC2CO. The van der Waals surface area contributed by atoms with Gasteiger partial charge in [-0.2, -0.15) is 18.4 Å². The minimum Gasteiger partial charge on any atom is -0.396 e. The first-order valence-electron chi connectivity index (χ1n) is 10.9. The molecule has 1 amide bonds. The van der Waals surface area contributed by atoms with Crippen molar-refractivity contribution in [2.24, 2.45) is 17.3 Å². The number of nitriles is 1. The second-order valence-electron chi connectivity index (χ2n) is 8.80. The standard InChI is InChI=1S/C23H30F3N3O2/c1-3-16(4-2)21(31)28-9-7-22(8-10-28)15-29(13-18(22)14-30)19-6-5-17(12-27)20(11-19)23(24,25)26/h5-6,11,16,18,30H,3-4,7-10,13-15H2,1-2H3. The molecule has 0 bridgehead atoms. The Morgan fingerprint density at radius 2 is 1.94 bits per heavy atom. The molecule has 3 rings (SSSR count). The van der Waals surface area contributed by atoms with Crippen LogP contribution in [0.1, 0.15) is 50.7 Å². The molecule has 2 heterocycles. The molecule has 1 spiro atoms. The number of hydrogen-bond acceptors (Lipinski definition) is 4. The molecule has 2 fully saturated rings. The van der Waals surface area contributed by atoms with E-state index >= 15 is 0 Å². The van der Waals surface area contributed by atoms with Gasteiger partial charge < -0.3 is 14.9 Å². The van der Waals surface area contributed by atoms with Crippen molar-refractivity contribution in [1.82, 2.24) is 4.90 Å². The lowest BCUT2D eigenvalue weighted by Crippen LogP contribution is -2.48. The third kappa shape index (κ3) is 4.52. The number of benzene rings is 1. The van der Waals surface area contributed by atoms with Gasteiger partial charge in [0.2, 0.25) is 5.91 Å². The summed E-state index contributed by atoms with van der Waals surface area (Å²) in [4.78, 5) is 16.5. The van der Waals surface area contributed by atoms with Crippen LogP contribution in [0.3, 0.4) is 0 Å². The van der Waals surface area contributed by atoms with Gasteiger partial charge in [-0.3, -0.25) is 4.79 Å². The van der Waals surface area contributed by atoms with Crippen molar-refractivity contribution in [2.45, 2.75) is 45.7 Å². The van der Waals surface area contributed by atoms with Crippen molar-refractivity contribution in [3.63, 3.8) is 0 Å². The molecular weight excluding hydrogens is 407 g/mol. The number of halogens is 3. The summed E-state index contributed by atoms with van der Waals surface area (Å²) in [5.74, 6) is 0.141. The summed E-state index contributed by atoms with van der Waals surface area (Å²) in [7, 11) is 0. The molecule has 1 aromatic carbocycles. The van der Waals surface area contributed by atoms with E-state index in [1.807, 2.05) is 23.6 Å². The molecule has 1 unspecified atom stereocenters. The fourth-order valence-electron chi connectivity index (χ4n) is 5.18. The molecule has 8 heteroatoms. The number of aliphatic hydroxyl groups excluding tert-OH is 1. The maximum atomic E-state index is 13.4. The minimum atomic E-state index is -4.60. The van der Waals surface area contributed by atoms with Gasteiger partial charge in [0.05, 0.1) is 17.2 Å². The van der Waals surface area contributed by atoms with Crippen LogP contribution in [0.25, 0.3) is 0 Å². The number of amides is 1. The van der Waals surface area contributed by atoms with Crippen LogP contribution in [0.2, 0.25) is 0 Å².